The number of urea groups is 1. The van der Waals surface area contributed by atoms with Crippen LogP contribution in [0.4, 0.5) is 25.1 Å². The zero-order chi connectivity index (χ0) is 23.6. The maximum absolute atomic E-state index is 13.3. The summed E-state index contributed by atoms with van der Waals surface area (Å²) < 4.78 is 49.9. The van der Waals surface area contributed by atoms with Gasteiger partial charge in [-0.1, -0.05) is 18.2 Å². The highest BCUT2D eigenvalue weighted by Gasteiger charge is 2.57. The van der Waals surface area contributed by atoms with Crippen LogP contribution in [0.1, 0.15) is 18.5 Å². The van der Waals surface area contributed by atoms with Crippen LogP contribution in [0.3, 0.4) is 0 Å². The number of halogens is 2. The summed E-state index contributed by atoms with van der Waals surface area (Å²) in [6, 6.07) is 15.3. The number of hydrogen-bond acceptors (Lipinski definition) is 6. The van der Waals surface area contributed by atoms with E-state index in [0.29, 0.717) is 29.8 Å². The van der Waals surface area contributed by atoms with E-state index in [1.54, 1.807) is 54.6 Å². The Morgan fingerprint density at radius 3 is 2.33 bits per heavy atom. The number of anilines is 2. The number of rotatable bonds is 7. The number of aromatic nitrogens is 2. The lowest BCUT2D eigenvalue weighted by atomic mass is 10.1. The highest BCUT2D eigenvalue weighted by Crippen LogP contribution is 2.54. The van der Waals surface area contributed by atoms with E-state index in [4.69, 9.17) is 5.73 Å². The first-order chi connectivity index (χ1) is 15.7. The Kier molecular flexibility index (Phi) is 5.98. The standard InChI is InChI=1S/C22H21F2N5O3S/c23-18(24)13-26-21(30)27-15-8-6-14(7-9-15)20-28-17(12-19(25)29-20)22(10-11-22)33(31,32)16-4-2-1-3-5-16/h1-9,12,18H,10-11,13H2,(H2,25,28,29)(H2,26,27,30). The van der Waals surface area contributed by atoms with Crippen LogP contribution in [0.5, 0.6) is 0 Å². The van der Waals surface area contributed by atoms with Gasteiger partial charge in [-0.3, -0.25) is 0 Å². The summed E-state index contributed by atoms with van der Waals surface area (Å²) in [5, 5.41) is 4.49. The molecule has 0 aliphatic heterocycles. The van der Waals surface area contributed by atoms with Crippen molar-refractivity contribution >= 4 is 27.4 Å². The van der Waals surface area contributed by atoms with Gasteiger partial charge in [0.1, 0.15) is 10.6 Å². The van der Waals surface area contributed by atoms with E-state index in [9.17, 15) is 22.0 Å². The fourth-order valence-corrected chi connectivity index (χ4v) is 5.46. The first-order valence-electron chi connectivity index (χ1n) is 10.1. The number of nitrogens with zero attached hydrogens (tertiary/aromatic N) is 2. The Bertz CT molecular complexity index is 1260. The number of hydrogen-bond donors (Lipinski definition) is 3. The molecular weight excluding hydrogens is 452 g/mol. The maximum Gasteiger partial charge on any atom is 0.319 e. The molecule has 0 spiro atoms. The molecule has 1 saturated carbocycles. The van der Waals surface area contributed by atoms with E-state index < -0.39 is 33.6 Å². The fraction of sp³-hybridized carbons (Fsp3) is 0.227. The average Bonchev–Trinajstić information content (AvgIpc) is 3.61. The smallest absolute Gasteiger partial charge is 0.319 e. The molecular formula is C22H21F2N5O3S. The summed E-state index contributed by atoms with van der Waals surface area (Å²) in [6.07, 6.45) is -1.79. The molecule has 0 radical (unpaired) electrons. The van der Waals surface area contributed by atoms with Crippen LogP contribution in [0, 0.1) is 0 Å². The van der Waals surface area contributed by atoms with E-state index in [1.165, 1.54) is 6.07 Å². The number of alkyl halides is 2. The predicted molar refractivity (Wildman–Crippen MR) is 119 cm³/mol. The van der Waals surface area contributed by atoms with Crippen LogP contribution in [0.25, 0.3) is 11.4 Å². The lowest BCUT2D eigenvalue weighted by molar-refractivity contribution is 0.148. The van der Waals surface area contributed by atoms with Crippen molar-refractivity contribution in [2.24, 2.45) is 0 Å². The van der Waals surface area contributed by atoms with Crippen LogP contribution >= 0.6 is 0 Å². The number of amides is 2. The molecule has 4 N–H and O–H groups in total. The van der Waals surface area contributed by atoms with Crippen LogP contribution in [0.15, 0.2) is 65.6 Å². The summed E-state index contributed by atoms with van der Waals surface area (Å²) >= 11 is 0. The first kappa shape index (κ1) is 22.6. The van der Waals surface area contributed by atoms with Gasteiger partial charge in [-0.25, -0.2) is 32.0 Å². The van der Waals surface area contributed by atoms with Crippen molar-refractivity contribution < 1.29 is 22.0 Å². The van der Waals surface area contributed by atoms with E-state index in [0.717, 1.165) is 0 Å². The van der Waals surface area contributed by atoms with Gasteiger partial charge in [-0.05, 0) is 49.2 Å². The molecule has 8 nitrogen and oxygen atoms in total. The molecule has 0 atom stereocenters. The van der Waals surface area contributed by atoms with Crippen molar-refractivity contribution in [2.45, 2.75) is 28.9 Å². The molecule has 1 aliphatic rings. The highest BCUT2D eigenvalue weighted by molar-refractivity contribution is 7.92. The van der Waals surface area contributed by atoms with Crippen molar-refractivity contribution in [3.8, 4) is 11.4 Å². The second-order valence-corrected chi connectivity index (χ2v) is 9.88. The summed E-state index contributed by atoms with van der Waals surface area (Å²) in [6.45, 7) is -0.753. The monoisotopic (exact) mass is 473 g/mol. The molecule has 1 aliphatic carbocycles. The largest absolute Gasteiger partial charge is 0.384 e. The third-order valence-electron chi connectivity index (χ3n) is 5.30. The molecule has 0 unspecified atom stereocenters. The quantitative estimate of drug-likeness (QED) is 0.481. The van der Waals surface area contributed by atoms with Gasteiger partial charge < -0.3 is 16.4 Å². The van der Waals surface area contributed by atoms with Crippen LogP contribution in [-0.4, -0.2) is 37.4 Å². The van der Waals surface area contributed by atoms with Crippen LogP contribution < -0.4 is 16.4 Å². The van der Waals surface area contributed by atoms with Gasteiger partial charge in [0, 0.05) is 17.3 Å². The van der Waals surface area contributed by atoms with E-state index >= 15 is 0 Å². The van der Waals surface area contributed by atoms with Gasteiger partial charge in [0.05, 0.1) is 17.1 Å². The molecule has 33 heavy (non-hydrogen) atoms. The first-order valence-corrected chi connectivity index (χ1v) is 11.6. The normalized spacial score (nSPS) is 14.6. The summed E-state index contributed by atoms with van der Waals surface area (Å²) in [5.74, 6) is 0.381. The predicted octanol–water partition coefficient (Wildman–Crippen LogP) is 3.58. The third kappa shape index (κ3) is 4.63. The third-order valence-corrected chi connectivity index (χ3v) is 7.84. The summed E-state index contributed by atoms with van der Waals surface area (Å²) in [4.78, 5) is 20.6. The maximum atomic E-state index is 13.3. The molecule has 4 rings (SSSR count). The van der Waals surface area contributed by atoms with Gasteiger partial charge >= 0.3 is 6.03 Å². The average molecular weight is 474 g/mol. The molecule has 2 amide bonds. The Morgan fingerprint density at radius 1 is 1.06 bits per heavy atom. The van der Waals surface area contributed by atoms with Crippen molar-refractivity contribution in [3.05, 3.63) is 66.4 Å². The minimum atomic E-state index is -3.68. The van der Waals surface area contributed by atoms with Crippen molar-refractivity contribution in [1.82, 2.24) is 15.3 Å². The zero-order valence-corrected chi connectivity index (χ0v) is 18.1. The number of benzene rings is 2. The van der Waals surface area contributed by atoms with Gasteiger partial charge in [-0.15, -0.1) is 0 Å². The molecule has 1 heterocycles. The molecule has 11 heteroatoms. The Labute approximate surface area is 189 Å². The minimum absolute atomic E-state index is 0.137. The highest BCUT2D eigenvalue weighted by atomic mass is 32.2. The summed E-state index contributed by atoms with van der Waals surface area (Å²) in [5.41, 5.74) is 7.25. The van der Waals surface area contributed by atoms with Crippen molar-refractivity contribution in [3.63, 3.8) is 0 Å². The second-order valence-electron chi connectivity index (χ2n) is 7.62. The van der Waals surface area contributed by atoms with E-state index in [1.807, 2.05) is 5.32 Å². The molecule has 1 fully saturated rings. The zero-order valence-electron chi connectivity index (χ0n) is 17.3. The number of carbonyl (C=O) groups excluding carboxylic acids is 1. The van der Waals surface area contributed by atoms with E-state index in [-0.39, 0.29) is 16.5 Å². The molecule has 0 bridgehead atoms. The Morgan fingerprint density at radius 2 is 1.73 bits per heavy atom. The van der Waals surface area contributed by atoms with Crippen molar-refractivity contribution in [1.29, 1.82) is 0 Å². The summed E-state index contributed by atoms with van der Waals surface area (Å²) in [7, 11) is -3.68. The van der Waals surface area contributed by atoms with Crippen LogP contribution in [0.2, 0.25) is 0 Å². The molecule has 3 aromatic rings. The number of nitrogen functional groups attached to an aromatic ring is 1. The Hall–Kier alpha value is -3.60. The lowest BCUT2D eigenvalue weighted by Gasteiger charge is -2.17. The van der Waals surface area contributed by atoms with Crippen LogP contribution in [-0.2, 0) is 14.6 Å². The Balaban J connectivity index is 1.59. The van der Waals surface area contributed by atoms with Gasteiger partial charge in [-0.2, -0.15) is 0 Å². The van der Waals surface area contributed by atoms with Crippen molar-refractivity contribution in [2.75, 3.05) is 17.6 Å². The van der Waals surface area contributed by atoms with Gasteiger partial charge in [0.15, 0.2) is 15.7 Å². The topological polar surface area (TPSA) is 127 Å². The van der Waals surface area contributed by atoms with E-state index in [2.05, 4.69) is 15.3 Å². The lowest BCUT2D eigenvalue weighted by Crippen LogP contribution is -2.32. The number of nitrogens with one attached hydrogen (secondary N) is 2. The van der Waals surface area contributed by atoms with Gasteiger partial charge in [0.2, 0.25) is 0 Å². The number of sulfone groups is 1. The fourth-order valence-electron chi connectivity index (χ4n) is 3.48. The molecule has 172 valence electrons. The van der Waals surface area contributed by atoms with Gasteiger partial charge in [0.25, 0.3) is 6.43 Å². The molecule has 0 saturated heterocycles. The number of carbonyl (C=O) groups is 1. The second kappa shape index (κ2) is 8.74. The number of nitrogens with two attached hydrogens (primary N) is 1. The SMILES string of the molecule is Nc1cc(C2(S(=O)(=O)c3ccccc3)CC2)nc(-c2ccc(NC(=O)NCC(F)F)cc2)n1. The minimum Gasteiger partial charge on any atom is -0.384 e. The molecule has 1 aromatic heterocycles. The molecule has 2 aromatic carbocycles.